The topological polar surface area (TPSA) is 118 Å². The molecule has 0 spiro atoms. The van der Waals surface area contributed by atoms with E-state index in [4.69, 9.17) is 10.7 Å². The summed E-state index contributed by atoms with van der Waals surface area (Å²) in [7, 11) is 0. The molecule has 5 aromatic rings. The van der Waals surface area contributed by atoms with Crippen molar-refractivity contribution < 1.29 is 0 Å². The van der Waals surface area contributed by atoms with Gasteiger partial charge < -0.3 is 15.7 Å². The van der Waals surface area contributed by atoms with E-state index < -0.39 is 0 Å². The molecule has 0 bridgehead atoms. The minimum absolute atomic E-state index is 0.230. The average Bonchev–Trinajstić information content (AvgIpc) is 3.42. The molecule has 31 heavy (non-hydrogen) atoms. The Labute approximate surface area is 177 Å². The summed E-state index contributed by atoms with van der Waals surface area (Å²) in [6.07, 6.45) is 3.49. The van der Waals surface area contributed by atoms with E-state index in [1.807, 2.05) is 48.5 Å². The maximum Gasteiger partial charge on any atom is 0.332 e. The highest BCUT2D eigenvalue weighted by Gasteiger charge is 2.18. The van der Waals surface area contributed by atoms with E-state index >= 15 is 0 Å². The number of H-pyrrole nitrogens is 2. The lowest BCUT2D eigenvalue weighted by atomic mass is 10.0. The highest BCUT2D eigenvalue weighted by atomic mass is 16.1. The molecule has 0 saturated heterocycles. The Morgan fingerprint density at radius 3 is 2.45 bits per heavy atom. The number of nitrogen functional groups attached to an aromatic ring is 1. The van der Waals surface area contributed by atoms with Crippen LogP contribution in [0.25, 0.3) is 39.6 Å². The van der Waals surface area contributed by atoms with Crippen LogP contribution >= 0.6 is 0 Å². The third-order valence-electron chi connectivity index (χ3n) is 5.28. The van der Waals surface area contributed by atoms with Crippen molar-refractivity contribution in [3.63, 3.8) is 0 Å². The summed E-state index contributed by atoms with van der Waals surface area (Å²) in [6.45, 7) is 4.18. The number of nitrogens with two attached hydrogens (primary N) is 1. The molecule has 0 atom stereocenters. The van der Waals surface area contributed by atoms with Crippen LogP contribution in [-0.4, -0.2) is 29.5 Å². The number of anilines is 1. The maximum absolute atomic E-state index is 12.9. The van der Waals surface area contributed by atoms with Crippen molar-refractivity contribution in [3.8, 4) is 28.5 Å². The first-order valence-corrected chi connectivity index (χ1v) is 10.0. The molecule has 0 aliphatic heterocycles. The van der Waals surface area contributed by atoms with Crippen molar-refractivity contribution in [1.29, 1.82) is 0 Å². The molecule has 0 saturated carbocycles. The summed E-state index contributed by atoms with van der Waals surface area (Å²) >= 11 is 0. The molecule has 0 aliphatic rings. The van der Waals surface area contributed by atoms with Crippen LogP contribution < -0.4 is 11.4 Å². The van der Waals surface area contributed by atoms with Crippen LogP contribution in [0.15, 0.2) is 65.7 Å². The second-order valence-corrected chi connectivity index (χ2v) is 7.63. The summed E-state index contributed by atoms with van der Waals surface area (Å²) in [5.74, 6) is 1.70. The lowest BCUT2D eigenvalue weighted by molar-refractivity contribution is 0.842. The van der Waals surface area contributed by atoms with E-state index in [0.29, 0.717) is 17.0 Å². The summed E-state index contributed by atoms with van der Waals surface area (Å²) in [4.78, 5) is 32.2. The van der Waals surface area contributed by atoms with E-state index in [9.17, 15) is 4.79 Å². The highest BCUT2D eigenvalue weighted by Crippen LogP contribution is 2.27. The Kier molecular flexibility index (Phi) is 4.39. The van der Waals surface area contributed by atoms with Crippen molar-refractivity contribution in [2.45, 2.75) is 19.8 Å². The smallest absolute Gasteiger partial charge is 0.332 e. The number of rotatable bonds is 4. The molecule has 2 aromatic carbocycles. The van der Waals surface area contributed by atoms with Crippen molar-refractivity contribution >= 4 is 17.0 Å². The second-order valence-electron chi connectivity index (χ2n) is 7.63. The predicted molar refractivity (Wildman–Crippen MR) is 121 cm³/mol. The molecule has 8 nitrogen and oxygen atoms in total. The van der Waals surface area contributed by atoms with Gasteiger partial charge in [-0.05, 0) is 17.5 Å². The molecule has 5 rings (SSSR count). The quantitative estimate of drug-likeness (QED) is 0.415. The van der Waals surface area contributed by atoms with Crippen LogP contribution in [0.2, 0.25) is 0 Å². The van der Waals surface area contributed by atoms with Crippen LogP contribution in [0.4, 0.5) is 5.82 Å². The predicted octanol–water partition coefficient (Wildman–Crippen LogP) is 3.87. The zero-order chi connectivity index (χ0) is 21.5. The molecule has 0 radical (unpaired) electrons. The van der Waals surface area contributed by atoms with Crippen LogP contribution in [0.3, 0.4) is 0 Å². The molecular formula is C23H21N7O. The van der Waals surface area contributed by atoms with E-state index in [1.165, 1.54) is 0 Å². The van der Waals surface area contributed by atoms with Gasteiger partial charge in [-0.15, -0.1) is 0 Å². The summed E-state index contributed by atoms with van der Waals surface area (Å²) < 4.78 is 1.57. The zero-order valence-corrected chi connectivity index (χ0v) is 17.1. The Balaban J connectivity index is 1.68. The molecule has 0 unspecified atom stereocenters. The second kappa shape index (κ2) is 7.24. The van der Waals surface area contributed by atoms with Crippen LogP contribution in [0.1, 0.15) is 25.3 Å². The minimum Gasteiger partial charge on any atom is -0.382 e. The van der Waals surface area contributed by atoms with Crippen molar-refractivity contribution in [3.05, 3.63) is 77.0 Å². The Morgan fingerprint density at radius 1 is 1.00 bits per heavy atom. The number of hydrogen-bond donors (Lipinski definition) is 3. The first-order valence-electron chi connectivity index (χ1n) is 10.0. The normalized spacial score (nSPS) is 11.5. The van der Waals surface area contributed by atoms with Gasteiger partial charge in [-0.2, -0.15) is 0 Å². The summed E-state index contributed by atoms with van der Waals surface area (Å²) in [6, 6.07) is 15.5. The largest absolute Gasteiger partial charge is 0.382 e. The first-order chi connectivity index (χ1) is 15.0. The zero-order valence-electron chi connectivity index (χ0n) is 17.1. The van der Waals surface area contributed by atoms with Gasteiger partial charge in [-0.25, -0.2) is 24.3 Å². The van der Waals surface area contributed by atoms with Gasteiger partial charge in [0.2, 0.25) is 0 Å². The number of fused-ring (bicyclic) bond motifs is 1. The molecule has 0 amide bonds. The fourth-order valence-electron chi connectivity index (χ4n) is 3.74. The molecule has 8 heteroatoms. The molecule has 3 heterocycles. The van der Waals surface area contributed by atoms with Gasteiger partial charge in [0.1, 0.15) is 11.3 Å². The van der Waals surface area contributed by atoms with Crippen LogP contribution in [-0.2, 0) is 0 Å². The van der Waals surface area contributed by atoms with E-state index in [-0.39, 0.29) is 17.4 Å². The van der Waals surface area contributed by atoms with Gasteiger partial charge in [0, 0.05) is 23.5 Å². The number of imidazole rings is 2. The van der Waals surface area contributed by atoms with Gasteiger partial charge in [-0.1, -0.05) is 56.3 Å². The van der Waals surface area contributed by atoms with E-state index in [2.05, 4.69) is 33.8 Å². The first kappa shape index (κ1) is 18.8. The van der Waals surface area contributed by atoms with Crippen molar-refractivity contribution in [2.24, 2.45) is 0 Å². The number of benzene rings is 2. The number of nitrogens with zero attached hydrogens (tertiary/aromatic N) is 4. The monoisotopic (exact) mass is 411 g/mol. The third kappa shape index (κ3) is 3.18. The number of para-hydroxylation sites is 1. The van der Waals surface area contributed by atoms with Crippen molar-refractivity contribution in [1.82, 2.24) is 29.5 Å². The number of nitrogens with one attached hydrogen (secondary N) is 2. The SMILES string of the molecule is CC(C)c1ccccc1-n1c(=O)[nH]c2c(N)nc(-c3ccc(-c4ncc[nH]4)cc3)nc21. The molecule has 0 aliphatic carbocycles. The molecule has 154 valence electrons. The van der Waals surface area contributed by atoms with E-state index in [1.54, 1.807) is 17.0 Å². The summed E-state index contributed by atoms with van der Waals surface area (Å²) in [5.41, 5.74) is 10.4. The van der Waals surface area contributed by atoms with Gasteiger partial charge in [0.15, 0.2) is 17.3 Å². The minimum atomic E-state index is -0.297. The van der Waals surface area contributed by atoms with Gasteiger partial charge in [0.25, 0.3) is 0 Å². The number of aromatic nitrogens is 6. The molecule has 3 aromatic heterocycles. The van der Waals surface area contributed by atoms with Crippen LogP contribution in [0, 0.1) is 0 Å². The fraction of sp³-hybridized carbons (Fsp3) is 0.130. The molecular weight excluding hydrogens is 390 g/mol. The molecule has 4 N–H and O–H groups in total. The van der Waals surface area contributed by atoms with Gasteiger partial charge in [0.05, 0.1) is 5.69 Å². The highest BCUT2D eigenvalue weighted by molar-refractivity contribution is 5.85. The average molecular weight is 411 g/mol. The summed E-state index contributed by atoms with van der Waals surface area (Å²) in [5, 5.41) is 0. The number of aromatic amines is 2. The standard InChI is InChI=1S/C23H21N7O/c1-13(2)16-5-3-4-6-17(16)30-22-18(27-23(30)31)19(24)28-21(29-22)15-9-7-14(8-10-15)20-25-11-12-26-20/h3-13H,1-2H3,(H,25,26)(H,27,31)(H2,24,28,29). The Hall–Kier alpha value is -4.20. The fourth-order valence-corrected chi connectivity index (χ4v) is 3.74. The lowest BCUT2D eigenvalue weighted by Gasteiger charge is -2.13. The Morgan fingerprint density at radius 2 is 1.74 bits per heavy atom. The molecule has 0 fully saturated rings. The van der Waals surface area contributed by atoms with Gasteiger partial charge in [-0.3, -0.25) is 0 Å². The van der Waals surface area contributed by atoms with Gasteiger partial charge >= 0.3 is 5.69 Å². The lowest BCUT2D eigenvalue weighted by Crippen LogP contribution is -2.17. The third-order valence-corrected chi connectivity index (χ3v) is 5.28. The van der Waals surface area contributed by atoms with E-state index in [0.717, 1.165) is 28.2 Å². The Bertz CT molecular complexity index is 1430. The maximum atomic E-state index is 12.9. The number of hydrogen-bond acceptors (Lipinski definition) is 5. The van der Waals surface area contributed by atoms with Crippen molar-refractivity contribution in [2.75, 3.05) is 5.73 Å². The van der Waals surface area contributed by atoms with Crippen LogP contribution in [0.5, 0.6) is 0 Å².